The maximum atomic E-state index is 4.02. The number of azo groups is 1. The van der Waals surface area contributed by atoms with E-state index in [2.05, 4.69) is 42.3 Å². The average Bonchev–Trinajstić information content (AvgIpc) is 2.49. The summed E-state index contributed by atoms with van der Waals surface area (Å²) in [5, 5.41) is 8.00. The molecule has 62 valence electrons. The Labute approximate surface area is 72.3 Å². The second-order valence-electron chi connectivity index (χ2n) is 3.44. The van der Waals surface area contributed by atoms with Crippen molar-refractivity contribution >= 4 is 5.69 Å². The smallest absolute Gasteiger partial charge is 0.0904 e. The summed E-state index contributed by atoms with van der Waals surface area (Å²) in [5.74, 6) is 0.593. The second-order valence-corrected chi connectivity index (χ2v) is 3.44. The van der Waals surface area contributed by atoms with Crippen LogP contribution in [0.3, 0.4) is 0 Å². The van der Waals surface area contributed by atoms with Gasteiger partial charge in [0.1, 0.15) is 0 Å². The molecule has 2 rings (SSSR count). The summed E-state index contributed by atoms with van der Waals surface area (Å²) in [6.45, 7) is 5.16. The lowest BCUT2D eigenvalue weighted by atomic mass is 10.0. The summed E-state index contributed by atoms with van der Waals surface area (Å²) in [7, 11) is 0. The van der Waals surface area contributed by atoms with Crippen LogP contribution in [0, 0.1) is 0 Å². The molecule has 1 aliphatic heterocycles. The van der Waals surface area contributed by atoms with Crippen molar-refractivity contribution in [2.75, 3.05) is 0 Å². The molecule has 0 aromatic heterocycles. The maximum Gasteiger partial charge on any atom is 0.0904 e. The molecule has 0 unspecified atom stereocenters. The van der Waals surface area contributed by atoms with Gasteiger partial charge in [-0.1, -0.05) is 26.0 Å². The lowest BCUT2D eigenvalue weighted by Crippen LogP contribution is -1.88. The van der Waals surface area contributed by atoms with Crippen molar-refractivity contribution in [2.24, 2.45) is 10.2 Å². The molecule has 0 spiro atoms. The Morgan fingerprint density at radius 3 is 2.92 bits per heavy atom. The zero-order valence-electron chi connectivity index (χ0n) is 7.41. The Hall–Kier alpha value is -1.18. The fourth-order valence-electron chi connectivity index (χ4n) is 1.38. The highest BCUT2D eigenvalue weighted by molar-refractivity contribution is 5.49. The summed E-state index contributed by atoms with van der Waals surface area (Å²) in [4.78, 5) is 0. The van der Waals surface area contributed by atoms with Gasteiger partial charge >= 0.3 is 0 Å². The van der Waals surface area contributed by atoms with Crippen LogP contribution in [0.25, 0.3) is 0 Å². The van der Waals surface area contributed by atoms with Crippen molar-refractivity contribution in [1.82, 2.24) is 0 Å². The molecule has 1 heterocycles. The Morgan fingerprint density at radius 2 is 2.17 bits per heavy atom. The van der Waals surface area contributed by atoms with Gasteiger partial charge < -0.3 is 0 Å². The molecular formula is C10H12N2. The molecule has 2 heteroatoms. The maximum absolute atomic E-state index is 4.02. The van der Waals surface area contributed by atoms with Gasteiger partial charge in [-0.05, 0) is 17.5 Å². The van der Waals surface area contributed by atoms with E-state index >= 15 is 0 Å². The summed E-state index contributed by atoms with van der Waals surface area (Å²) in [6, 6.07) is 6.40. The zero-order chi connectivity index (χ0) is 8.55. The molecular weight excluding hydrogens is 148 g/mol. The van der Waals surface area contributed by atoms with Crippen molar-refractivity contribution in [3.8, 4) is 0 Å². The van der Waals surface area contributed by atoms with Crippen LogP contribution in [0.2, 0.25) is 0 Å². The van der Waals surface area contributed by atoms with E-state index in [0.717, 1.165) is 12.2 Å². The number of hydrogen-bond donors (Lipinski definition) is 0. The van der Waals surface area contributed by atoms with E-state index in [9.17, 15) is 0 Å². The van der Waals surface area contributed by atoms with Crippen LogP contribution in [0.1, 0.15) is 30.9 Å². The fraction of sp³-hybridized carbons (Fsp3) is 0.400. The van der Waals surface area contributed by atoms with E-state index in [0.29, 0.717) is 5.92 Å². The van der Waals surface area contributed by atoms with E-state index in [1.165, 1.54) is 11.1 Å². The fourth-order valence-corrected chi connectivity index (χ4v) is 1.38. The number of rotatable bonds is 1. The third kappa shape index (κ3) is 1.13. The zero-order valence-corrected chi connectivity index (χ0v) is 7.41. The molecule has 0 fully saturated rings. The molecule has 0 radical (unpaired) electrons. The van der Waals surface area contributed by atoms with Crippen LogP contribution >= 0.6 is 0 Å². The molecule has 0 saturated carbocycles. The molecule has 1 aliphatic rings. The summed E-state index contributed by atoms with van der Waals surface area (Å²) < 4.78 is 0. The monoisotopic (exact) mass is 160 g/mol. The van der Waals surface area contributed by atoms with Crippen molar-refractivity contribution in [3.63, 3.8) is 0 Å². The van der Waals surface area contributed by atoms with Crippen molar-refractivity contribution in [3.05, 3.63) is 29.3 Å². The highest BCUT2D eigenvalue weighted by Gasteiger charge is 2.09. The Morgan fingerprint density at radius 1 is 1.33 bits per heavy atom. The molecule has 1 aromatic rings. The predicted octanol–water partition coefficient (Wildman–Crippen LogP) is 3.41. The predicted molar refractivity (Wildman–Crippen MR) is 48.8 cm³/mol. The molecule has 0 aliphatic carbocycles. The number of benzene rings is 1. The summed E-state index contributed by atoms with van der Waals surface area (Å²) in [5.41, 5.74) is 3.68. The van der Waals surface area contributed by atoms with Crippen molar-refractivity contribution in [1.29, 1.82) is 0 Å². The van der Waals surface area contributed by atoms with Crippen LogP contribution in [0.4, 0.5) is 5.69 Å². The number of hydrogen-bond acceptors (Lipinski definition) is 2. The van der Waals surface area contributed by atoms with Gasteiger partial charge in [-0.3, -0.25) is 0 Å². The Kier molecular flexibility index (Phi) is 1.68. The minimum absolute atomic E-state index is 0.593. The van der Waals surface area contributed by atoms with Gasteiger partial charge in [-0.25, -0.2) is 0 Å². The van der Waals surface area contributed by atoms with Crippen LogP contribution in [-0.4, -0.2) is 0 Å². The van der Waals surface area contributed by atoms with Crippen LogP contribution in [0.5, 0.6) is 0 Å². The van der Waals surface area contributed by atoms with Crippen LogP contribution < -0.4 is 0 Å². The van der Waals surface area contributed by atoms with Gasteiger partial charge in [-0.15, -0.1) is 0 Å². The van der Waals surface area contributed by atoms with E-state index < -0.39 is 0 Å². The highest BCUT2D eigenvalue weighted by Crippen LogP contribution is 2.29. The minimum atomic E-state index is 0.593. The molecule has 0 N–H and O–H groups in total. The Bertz CT molecular complexity index is 327. The Balaban J connectivity index is 2.42. The number of nitrogens with zero attached hydrogens (tertiary/aromatic N) is 2. The van der Waals surface area contributed by atoms with Gasteiger partial charge in [0, 0.05) is 5.56 Å². The van der Waals surface area contributed by atoms with Crippen LogP contribution in [0.15, 0.2) is 28.4 Å². The first-order chi connectivity index (χ1) is 5.77. The summed E-state index contributed by atoms with van der Waals surface area (Å²) >= 11 is 0. The highest BCUT2D eigenvalue weighted by atomic mass is 15.1. The van der Waals surface area contributed by atoms with Crippen LogP contribution in [-0.2, 0) is 6.54 Å². The molecule has 2 nitrogen and oxygen atoms in total. The van der Waals surface area contributed by atoms with E-state index in [-0.39, 0.29) is 0 Å². The van der Waals surface area contributed by atoms with Gasteiger partial charge in [-0.2, -0.15) is 10.2 Å². The lowest BCUT2D eigenvalue weighted by Gasteiger charge is -2.05. The topological polar surface area (TPSA) is 24.7 Å². The molecule has 0 saturated heterocycles. The lowest BCUT2D eigenvalue weighted by molar-refractivity contribution is 0.863. The molecule has 12 heavy (non-hydrogen) atoms. The standard InChI is InChI=1S/C10H12N2/c1-7(2)8-3-4-10-9(5-8)6-11-12-10/h3-5,7H,6H2,1-2H3. The number of fused-ring (bicyclic) bond motifs is 1. The van der Waals surface area contributed by atoms with E-state index in [1.54, 1.807) is 0 Å². The van der Waals surface area contributed by atoms with Gasteiger partial charge in [0.25, 0.3) is 0 Å². The first kappa shape index (κ1) is 7.47. The quantitative estimate of drug-likeness (QED) is 0.601. The van der Waals surface area contributed by atoms with Gasteiger partial charge in [0.15, 0.2) is 0 Å². The third-order valence-corrected chi connectivity index (χ3v) is 2.19. The first-order valence-electron chi connectivity index (χ1n) is 4.27. The SMILES string of the molecule is CC(C)c1ccc2c(c1)CN=N2. The first-order valence-corrected chi connectivity index (χ1v) is 4.27. The van der Waals surface area contributed by atoms with Crippen molar-refractivity contribution in [2.45, 2.75) is 26.3 Å². The normalized spacial score (nSPS) is 13.9. The van der Waals surface area contributed by atoms with E-state index in [4.69, 9.17) is 0 Å². The molecule has 0 atom stereocenters. The van der Waals surface area contributed by atoms with Crippen molar-refractivity contribution < 1.29 is 0 Å². The largest absolute Gasteiger partial charge is 0.184 e. The molecule has 0 amide bonds. The minimum Gasteiger partial charge on any atom is -0.184 e. The van der Waals surface area contributed by atoms with E-state index in [1.807, 2.05) is 0 Å². The third-order valence-electron chi connectivity index (χ3n) is 2.19. The summed E-state index contributed by atoms with van der Waals surface area (Å²) in [6.07, 6.45) is 0. The second kappa shape index (κ2) is 2.70. The van der Waals surface area contributed by atoms with Gasteiger partial charge in [0.05, 0.1) is 12.2 Å². The average molecular weight is 160 g/mol. The van der Waals surface area contributed by atoms with Gasteiger partial charge in [0.2, 0.25) is 0 Å². The molecule has 0 bridgehead atoms. The molecule has 1 aromatic carbocycles.